The van der Waals surface area contributed by atoms with Crippen LogP contribution in [-0.2, 0) is 28.6 Å². The van der Waals surface area contributed by atoms with E-state index in [9.17, 15) is 14.4 Å². The summed E-state index contributed by atoms with van der Waals surface area (Å²) in [6.07, 6.45) is 85.8. The highest BCUT2D eigenvalue weighted by Gasteiger charge is 2.19. The molecule has 454 valence electrons. The van der Waals surface area contributed by atoms with Gasteiger partial charge in [-0.3, -0.25) is 14.4 Å². The Morgan fingerprint density at radius 2 is 0.500 bits per heavy atom. The molecule has 0 saturated carbocycles. The van der Waals surface area contributed by atoms with Crippen LogP contribution in [0.3, 0.4) is 0 Å². The zero-order valence-electron chi connectivity index (χ0n) is 52.2. The second-order valence-electron chi connectivity index (χ2n) is 23.1. The lowest BCUT2D eigenvalue weighted by atomic mass is 10.0. The van der Waals surface area contributed by atoms with E-state index in [1.165, 1.54) is 238 Å². The molecule has 0 bridgehead atoms. The Morgan fingerprint density at radius 1 is 0.269 bits per heavy atom. The predicted molar refractivity (Wildman–Crippen MR) is 339 cm³/mol. The third-order valence-electron chi connectivity index (χ3n) is 15.3. The average molecular weight is 1090 g/mol. The van der Waals surface area contributed by atoms with Gasteiger partial charge in [0.05, 0.1) is 0 Å². The summed E-state index contributed by atoms with van der Waals surface area (Å²) in [7, 11) is 0. The van der Waals surface area contributed by atoms with Crippen molar-refractivity contribution in [2.75, 3.05) is 13.2 Å². The van der Waals surface area contributed by atoms with Crippen LogP contribution in [0.25, 0.3) is 0 Å². The molecule has 0 aliphatic heterocycles. The fraction of sp³-hybridized carbons (Fsp3) is 0.819. The van der Waals surface area contributed by atoms with E-state index in [0.717, 1.165) is 77.0 Å². The molecule has 0 heterocycles. The van der Waals surface area contributed by atoms with Crippen LogP contribution >= 0.6 is 0 Å². The minimum absolute atomic E-state index is 0.0929. The van der Waals surface area contributed by atoms with E-state index in [2.05, 4.69) is 81.5 Å². The molecule has 0 fully saturated rings. The lowest BCUT2D eigenvalue weighted by Crippen LogP contribution is -2.30. The summed E-state index contributed by atoms with van der Waals surface area (Å²) in [6, 6.07) is 0. The monoisotopic (exact) mass is 1090 g/mol. The minimum atomic E-state index is -0.801. The first-order valence-electron chi connectivity index (χ1n) is 34.3. The maximum atomic E-state index is 12.8. The van der Waals surface area contributed by atoms with Gasteiger partial charge in [-0.05, 0) is 57.8 Å². The van der Waals surface area contributed by atoms with E-state index in [-0.39, 0.29) is 37.5 Å². The molecule has 1 unspecified atom stereocenters. The van der Waals surface area contributed by atoms with E-state index >= 15 is 0 Å². The smallest absolute Gasteiger partial charge is 0.306 e. The molecule has 0 spiro atoms. The molecule has 6 heteroatoms. The fourth-order valence-corrected chi connectivity index (χ4v) is 10.2. The van der Waals surface area contributed by atoms with Crippen molar-refractivity contribution in [3.05, 3.63) is 60.8 Å². The van der Waals surface area contributed by atoms with E-state index in [4.69, 9.17) is 14.2 Å². The van der Waals surface area contributed by atoms with Gasteiger partial charge in [0, 0.05) is 19.3 Å². The minimum Gasteiger partial charge on any atom is -0.462 e. The van der Waals surface area contributed by atoms with Gasteiger partial charge in [0.25, 0.3) is 0 Å². The standard InChI is InChI=1S/C72H130O6/c1-4-7-10-13-16-19-21-23-25-27-28-29-30-31-32-33-34-35-36-37-38-39-40-41-42-43-45-46-48-50-53-56-59-62-65-71(74)77-68-69(67-76-70(73)64-61-58-55-52-18-15-12-9-6-3)78-72(75)66-63-60-57-54-51-49-47-44-26-24-22-20-17-14-11-8-5-2/h8,11,17,20,24,26,47,49,54,57,69H,4-7,9-10,12-16,18-19,21-23,25,27-46,48,50-53,55-56,58-68H2,1-3H3/b11-8-,20-17-,26-24-,49-47-,57-54-. The van der Waals surface area contributed by atoms with E-state index in [0.29, 0.717) is 19.3 Å². The van der Waals surface area contributed by atoms with Crippen LogP contribution in [0.2, 0.25) is 0 Å². The van der Waals surface area contributed by atoms with Crippen molar-refractivity contribution in [3.8, 4) is 0 Å². The summed E-state index contributed by atoms with van der Waals surface area (Å²) >= 11 is 0. The van der Waals surface area contributed by atoms with Crippen LogP contribution in [-0.4, -0.2) is 37.2 Å². The zero-order valence-corrected chi connectivity index (χ0v) is 52.2. The van der Waals surface area contributed by atoms with Crippen LogP contribution in [0, 0.1) is 0 Å². The van der Waals surface area contributed by atoms with Crippen molar-refractivity contribution >= 4 is 17.9 Å². The molecule has 0 amide bonds. The van der Waals surface area contributed by atoms with Crippen LogP contribution in [0.5, 0.6) is 0 Å². The number of esters is 3. The number of carbonyl (C=O) groups excluding carboxylic acids is 3. The highest BCUT2D eigenvalue weighted by atomic mass is 16.6. The zero-order chi connectivity index (χ0) is 56.4. The van der Waals surface area contributed by atoms with Crippen LogP contribution < -0.4 is 0 Å². The lowest BCUT2D eigenvalue weighted by Gasteiger charge is -2.18. The lowest BCUT2D eigenvalue weighted by molar-refractivity contribution is -0.167. The van der Waals surface area contributed by atoms with E-state index < -0.39 is 6.10 Å². The second kappa shape index (κ2) is 66.6. The maximum absolute atomic E-state index is 12.8. The number of hydrogen-bond donors (Lipinski definition) is 0. The third-order valence-corrected chi connectivity index (χ3v) is 15.3. The first kappa shape index (κ1) is 75.1. The Morgan fingerprint density at radius 3 is 0.769 bits per heavy atom. The van der Waals surface area contributed by atoms with Crippen LogP contribution in [0.15, 0.2) is 60.8 Å². The molecule has 0 N–H and O–H groups in total. The molecule has 78 heavy (non-hydrogen) atoms. The molecule has 0 aromatic carbocycles. The average Bonchev–Trinajstić information content (AvgIpc) is 3.44. The summed E-state index contributed by atoms with van der Waals surface area (Å²) in [5, 5.41) is 0. The maximum Gasteiger partial charge on any atom is 0.306 e. The number of unbranched alkanes of at least 4 members (excludes halogenated alkanes) is 42. The molecular formula is C72H130O6. The van der Waals surface area contributed by atoms with Gasteiger partial charge >= 0.3 is 17.9 Å². The molecule has 0 aromatic rings. The van der Waals surface area contributed by atoms with Gasteiger partial charge in [0.15, 0.2) is 6.10 Å². The first-order valence-corrected chi connectivity index (χ1v) is 34.3. The third kappa shape index (κ3) is 63.9. The molecule has 0 aliphatic rings. The van der Waals surface area contributed by atoms with Gasteiger partial charge in [-0.25, -0.2) is 0 Å². The number of ether oxygens (including phenoxy) is 3. The summed E-state index contributed by atoms with van der Waals surface area (Å²) < 4.78 is 16.8. The van der Waals surface area contributed by atoms with Gasteiger partial charge in [0.2, 0.25) is 0 Å². The van der Waals surface area contributed by atoms with Gasteiger partial charge < -0.3 is 14.2 Å². The second-order valence-corrected chi connectivity index (χ2v) is 23.1. The highest BCUT2D eigenvalue weighted by Crippen LogP contribution is 2.18. The molecule has 1 atom stereocenters. The molecule has 0 saturated heterocycles. The normalized spacial score (nSPS) is 12.4. The first-order chi connectivity index (χ1) is 38.5. The quantitative estimate of drug-likeness (QED) is 0.0261. The Labute approximate surface area is 485 Å². The fourth-order valence-electron chi connectivity index (χ4n) is 10.2. The number of allylic oxidation sites excluding steroid dienone is 10. The van der Waals surface area contributed by atoms with Crippen molar-refractivity contribution < 1.29 is 28.6 Å². The molecule has 0 rings (SSSR count). The molecule has 0 aliphatic carbocycles. The topological polar surface area (TPSA) is 78.9 Å². The van der Waals surface area contributed by atoms with Gasteiger partial charge in [-0.2, -0.15) is 0 Å². The summed E-state index contributed by atoms with van der Waals surface area (Å²) in [6.45, 7) is 6.50. The van der Waals surface area contributed by atoms with Crippen molar-refractivity contribution in [3.63, 3.8) is 0 Å². The Balaban J connectivity index is 4.04. The highest BCUT2D eigenvalue weighted by molar-refractivity contribution is 5.71. The van der Waals surface area contributed by atoms with Crippen molar-refractivity contribution in [1.29, 1.82) is 0 Å². The number of rotatable bonds is 63. The largest absolute Gasteiger partial charge is 0.462 e. The molecule has 0 aromatic heterocycles. The van der Waals surface area contributed by atoms with Crippen LogP contribution in [0.4, 0.5) is 0 Å². The van der Waals surface area contributed by atoms with Crippen molar-refractivity contribution in [2.45, 2.75) is 367 Å². The van der Waals surface area contributed by atoms with Gasteiger partial charge in [0.1, 0.15) is 13.2 Å². The Bertz CT molecular complexity index is 1390. The van der Waals surface area contributed by atoms with E-state index in [1.54, 1.807) is 0 Å². The Hall–Kier alpha value is -2.89. The van der Waals surface area contributed by atoms with E-state index in [1.807, 2.05) is 0 Å². The van der Waals surface area contributed by atoms with Crippen molar-refractivity contribution in [2.24, 2.45) is 0 Å². The SMILES string of the molecule is CC/C=C\C/C=C\C/C=C\C/C=C\C/C=C\CCCC(=O)OC(COC(=O)CCCCCCCCCCC)COC(=O)CCCCCCCCCCCCCCCCCCCCCCCCCCCCCCCCCCCC. The Kier molecular flexibility index (Phi) is 64.2. The van der Waals surface area contributed by atoms with Gasteiger partial charge in [-0.1, -0.05) is 345 Å². The summed E-state index contributed by atoms with van der Waals surface area (Å²) in [5.41, 5.74) is 0. The van der Waals surface area contributed by atoms with Crippen molar-refractivity contribution in [1.82, 2.24) is 0 Å². The predicted octanol–water partition coefficient (Wildman–Crippen LogP) is 23.5. The van der Waals surface area contributed by atoms with Crippen LogP contribution in [0.1, 0.15) is 361 Å². The van der Waals surface area contributed by atoms with Gasteiger partial charge in [-0.15, -0.1) is 0 Å². The number of hydrogen-bond acceptors (Lipinski definition) is 6. The summed E-state index contributed by atoms with van der Waals surface area (Å²) in [5.74, 6) is -0.938. The summed E-state index contributed by atoms with van der Waals surface area (Å²) in [4.78, 5) is 38.1. The molecular weight excluding hydrogens is 961 g/mol. The molecule has 6 nitrogen and oxygen atoms in total. The number of carbonyl (C=O) groups is 3. The molecule has 0 radical (unpaired) electrons.